The van der Waals surface area contributed by atoms with Crippen molar-refractivity contribution in [3.05, 3.63) is 16.4 Å². The molecule has 1 aromatic rings. The Morgan fingerprint density at radius 2 is 2.00 bits per heavy atom. The fraction of sp³-hybridized carbons (Fsp3) is 0.800. The largest absolute Gasteiger partial charge is 0.271 e. The first kappa shape index (κ1) is 15.8. The second-order valence-corrected chi connectivity index (χ2v) is 6.51. The van der Waals surface area contributed by atoms with Crippen LogP contribution in [0.3, 0.4) is 0 Å². The molecule has 1 unspecified atom stereocenters. The van der Waals surface area contributed by atoms with Crippen molar-refractivity contribution < 1.29 is 0 Å². The summed E-state index contributed by atoms with van der Waals surface area (Å²) in [5.41, 5.74) is 4.96. The molecule has 0 amide bonds. The molecule has 1 heterocycles. The summed E-state index contributed by atoms with van der Waals surface area (Å²) in [5.74, 6) is 6.56. The molecule has 20 heavy (non-hydrogen) atoms. The van der Waals surface area contributed by atoms with Gasteiger partial charge in [0.15, 0.2) is 0 Å². The van der Waals surface area contributed by atoms with Crippen molar-refractivity contribution in [3.8, 4) is 0 Å². The quantitative estimate of drug-likeness (QED) is 0.499. The van der Waals surface area contributed by atoms with Crippen LogP contribution in [0.2, 0.25) is 5.02 Å². The standard InChI is InChI=1S/C15H27ClN4/c1-11-15(16)14(20(2)19-11)10-13(18-17)9-12-7-5-3-4-6-8-12/h12-13,18H,3-10,17H2,1-2H3. The molecule has 0 aromatic carbocycles. The van der Waals surface area contributed by atoms with E-state index in [4.69, 9.17) is 17.4 Å². The molecule has 0 spiro atoms. The first-order valence-corrected chi connectivity index (χ1v) is 8.13. The van der Waals surface area contributed by atoms with Crippen LogP contribution < -0.4 is 11.3 Å². The van der Waals surface area contributed by atoms with Gasteiger partial charge < -0.3 is 0 Å². The molecule has 1 aliphatic carbocycles. The van der Waals surface area contributed by atoms with Gasteiger partial charge in [-0.2, -0.15) is 5.10 Å². The summed E-state index contributed by atoms with van der Waals surface area (Å²) in [7, 11) is 1.95. The van der Waals surface area contributed by atoms with Gasteiger partial charge in [0.25, 0.3) is 0 Å². The van der Waals surface area contributed by atoms with Crippen LogP contribution in [-0.4, -0.2) is 15.8 Å². The molecule has 0 aliphatic heterocycles. The third kappa shape index (κ3) is 3.96. The fourth-order valence-corrected chi connectivity index (χ4v) is 3.58. The molecular weight excluding hydrogens is 272 g/mol. The molecule has 2 rings (SSSR count). The van der Waals surface area contributed by atoms with Crippen LogP contribution >= 0.6 is 11.6 Å². The van der Waals surface area contributed by atoms with E-state index < -0.39 is 0 Å². The minimum atomic E-state index is 0.283. The van der Waals surface area contributed by atoms with E-state index in [-0.39, 0.29) is 6.04 Å². The number of nitrogens with zero attached hydrogens (tertiary/aromatic N) is 2. The van der Waals surface area contributed by atoms with Gasteiger partial charge in [-0.25, -0.2) is 0 Å². The molecule has 0 saturated heterocycles. The van der Waals surface area contributed by atoms with Crippen molar-refractivity contribution in [3.63, 3.8) is 0 Å². The van der Waals surface area contributed by atoms with Crippen molar-refractivity contribution in [2.45, 2.75) is 64.3 Å². The van der Waals surface area contributed by atoms with Crippen LogP contribution in [0, 0.1) is 12.8 Å². The number of halogens is 1. The molecule has 5 heteroatoms. The van der Waals surface area contributed by atoms with Gasteiger partial charge in [0.1, 0.15) is 0 Å². The number of hydrogen-bond donors (Lipinski definition) is 2. The van der Waals surface area contributed by atoms with Gasteiger partial charge in [-0.1, -0.05) is 50.1 Å². The van der Waals surface area contributed by atoms with E-state index in [2.05, 4.69) is 10.5 Å². The minimum absolute atomic E-state index is 0.283. The molecule has 1 saturated carbocycles. The maximum Gasteiger partial charge on any atom is 0.0847 e. The molecule has 0 radical (unpaired) electrons. The van der Waals surface area contributed by atoms with Gasteiger partial charge >= 0.3 is 0 Å². The summed E-state index contributed by atoms with van der Waals surface area (Å²) in [6.07, 6.45) is 10.2. The van der Waals surface area contributed by atoms with E-state index in [0.717, 1.165) is 35.2 Å². The molecule has 1 aliphatic rings. The molecule has 3 N–H and O–H groups in total. The monoisotopic (exact) mass is 298 g/mol. The van der Waals surface area contributed by atoms with Crippen molar-refractivity contribution >= 4 is 11.6 Å². The highest BCUT2D eigenvalue weighted by Gasteiger charge is 2.21. The molecule has 0 bridgehead atoms. The molecule has 1 atom stereocenters. The highest BCUT2D eigenvalue weighted by Crippen LogP contribution is 2.28. The zero-order chi connectivity index (χ0) is 14.5. The SMILES string of the molecule is Cc1nn(C)c(CC(CC2CCCCCC2)NN)c1Cl. The summed E-state index contributed by atoms with van der Waals surface area (Å²) in [4.78, 5) is 0. The Bertz CT molecular complexity index is 422. The van der Waals surface area contributed by atoms with Gasteiger partial charge in [0.05, 0.1) is 16.4 Å². The second-order valence-electron chi connectivity index (χ2n) is 6.13. The summed E-state index contributed by atoms with van der Waals surface area (Å²) >= 11 is 6.33. The molecule has 4 nitrogen and oxygen atoms in total. The Hall–Kier alpha value is -0.580. The second kappa shape index (κ2) is 7.43. The lowest BCUT2D eigenvalue weighted by Crippen LogP contribution is -2.38. The summed E-state index contributed by atoms with van der Waals surface area (Å²) in [5, 5.41) is 5.16. The fourth-order valence-electron chi connectivity index (χ4n) is 3.35. The Kier molecular flexibility index (Phi) is 5.87. The van der Waals surface area contributed by atoms with Crippen LogP contribution in [0.15, 0.2) is 0 Å². The highest BCUT2D eigenvalue weighted by atomic mass is 35.5. The lowest BCUT2D eigenvalue weighted by molar-refractivity contribution is 0.349. The normalized spacial score (nSPS) is 19.0. The highest BCUT2D eigenvalue weighted by molar-refractivity contribution is 6.31. The van der Waals surface area contributed by atoms with Gasteiger partial charge in [0, 0.05) is 19.5 Å². The summed E-state index contributed by atoms with van der Waals surface area (Å²) < 4.78 is 1.88. The van der Waals surface area contributed by atoms with Crippen molar-refractivity contribution in [1.82, 2.24) is 15.2 Å². The van der Waals surface area contributed by atoms with E-state index >= 15 is 0 Å². The van der Waals surface area contributed by atoms with Gasteiger partial charge in [0.2, 0.25) is 0 Å². The van der Waals surface area contributed by atoms with E-state index in [1.54, 1.807) is 0 Å². The summed E-state index contributed by atoms with van der Waals surface area (Å²) in [6.45, 7) is 1.95. The topological polar surface area (TPSA) is 55.9 Å². The third-order valence-electron chi connectivity index (χ3n) is 4.53. The van der Waals surface area contributed by atoms with Crippen molar-refractivity contribution in [2.24, 2.45) is 18.8 Å². The van der Waals surface area contributed by atoms with Crippen LogP contribution in [0.25, 0.3) is 0 Å². The predicted molar refractivity (Wildman–Crippen MR) is 83.6 cm³/mol. The Balaban J connectivity index is 1.97. The zero-order valence-corrected chi connectivity index (χ0v) is 13.4. The van der Waals surface area contributed by atoms with E-state index in [1.165, 1.54) is 38.5 Å². The van der Waals surface area contributed by atoms with Crippen molar-refractivity contribution in [2.75, 3.05) is 0 Å². The van der Waals surface area contributed by atoms with Crippen molar-refractivity contribution in [1.29, 1.82) is 0 Å². The van der Waals surface area contributed by atoms with E-state index in [0.29, 0.717) is 0 Å². The number of nitrogens with two attached hydrogens (primary N) is 1. The number of nitrogens with one attached hydrogen (secondary N) is 1. The van der Waals surface area contributed by atoms with Gasteiger partial charge in [-0.05, 0) is 19.3 Å². The van der Waals surface area contributed by atoms with Crippen LogP contribution in [-0.2, 0) is 13.5 Å². The Morgan fingerprint density at radius 3 is 2.50 bits per heavy atom. The lowest BCUT2D eigenvalue weighted by atomic mass is 9.91. The third-order valence-corrected chi connectivity index (χ3v) is 5.02. The average molecular weight is 299 g/mol. The molecular formula is C15H27ClN4. The maximum atomic E-state index is 6.33. The maximum absolute atomic E-state index is 6.33. The molecule has 1 aromatic heterocycles. The zero-order valence-electron chi connectivity index (χ0n) is 12.7. The molecule has 114 valence electrons. The van der Waals surface area contributed by atoms with Crippen LogP contribution in [0.4, 0.5) is 0 Å². The van der Waals surface area contributed by atoms with E-state index in [1.807, 2.05) is 18.7 Å². The first-order valence-electron chi connectivity index (χ1n) is 7.76. The number of aromatic nitrogens is 2. The number of hydrazine groups is 1. The number of hydrogen-bond acceptors (Lipinski definition) is 3. The van der Waals surface area contributed by atoms with E-state index in [9.17, 15) is 0 Å². The van der Waals surface area contributed by atoms with Crippen LogP contribution in [0.1, 0.15) is 56.3 Å². The summed E-state index contributed by atoms with van der Waals surface area (Å²) in [6, 6.07) is 0.283. The van der Waals surface area contributed by atoms with Gasteiger partial charge in [-0.3, -0.25) is 16.0 Å². The number of aryl methyl sites for hydroxylation is 2. The Morgan fingerprint density at radius 1 is 1.35 bits per heavy atom. The van der Waals surface area contributed by atoms with Gasteiger partial charge in [-0.15, -0.1) is 0 Å². The lowest BCUT2D eigenvalue weighted by Gasteiger charge is -2.22. The number of rotatable bonds is 5. The molecule has 1 fully saturated rings. The average Bonchev–Trinajstić information content (AvgIpc) is 2.66. The smallest absolute Gasteiger partial charge is 0.0847 e. The van der Waals surface area contributed by atoms with Crippen LogP contribution in [0.5, 0.6) is 0 Å². The first-order chi connectivity index (χ1) is 9.61. The Labute approximate surface area is 127 Å². The minimum Gasteiger partial charge on any atom is -0.271 e. The predicted octanol–water partition coefficient (Wildman–Crippen LogP) is 3.12.